The van der Waals surface area contributed by atoms with Crippen LogP contribution in [0.25, 0.3) is 0 Å². The quantitative estimate of drug-likeness (QED) is 0.847. The van der Waals surface area contributed by atoms with Crippen LogP contribution in [0.15, 0.2) is 24.3 Å². The summed E-state index contributed by atoms with van der Waals surface area (Å²) in [5, 5.41) is 4.42. The molecule has 90 valence electrons. The number of halogens is 2. The Bertz CT molecular complexity index is 304. The Morgan fingerprint density at radius 3 is 2.50 bits per heavy atom. The Morgan fingerprint density at radius 1 is 1.25 bits per heavy atom. The first-order valence-corrected chi connectivity index (χ1v) is 6.14. The van der Waals surface area contributed by atoms with Crippen LogP contribution in [0, 0.1) is 0 Å². The van der Waals surface area contributed by atoms with Gasteiger partial charge in [0.15, 0.2) is 0 Å². The van der Waals surface area contributed by atoms with Crippen molar-refractivity contribution in [1.29, 1.82) is 0 Å². The Labute approximate surface area is 109 Å². The molecule has 1 aliphatic heterocycles. The van der Waals surface area contributed by atoms with Crippen molar-refractivity contribution < 1.29 is 0 Å². The molecule has 1 N–H and O–H groups in total. The molecule has 1 aliphatic rings. The summed E-state index contributed by atoms with van der Waals surface area (Å²) in [6.07, 6.45) is 3.98. The van der Waals surface area contributed by atoms with Crippen LogP contribution in [0.1, 0.15) is 37.7 Å². The molecule has 3 heteroatoms. The van der Waals surface area contributed by atoms with Gasteiger partial charge in [-0.2, -0.15) is 0 Å². The molecular weight excluding hydrogens is 241 g/mol. The molecule has 16 heavy (non-hydrogen) atoms. The third-order valence-corrected chi connectivity index (χ3v) is 3.60. The first-order chi connectivity index (χ1) is 7.27. The number of hydrogen-bond donors (Lipinski definition) is 1. The predicted octanol–water partition coefficient (Wildman–Crippen LogP) is 4.01. The van der Waals surface area contributed by atoms with Crippen molar-refractivity contribution in [3.63, 3.8) is 0 Å². The predicted molar refractivity (Wildman–Crippen MR) is 72.8 cm³/mol. The smallest absolute Gasteiger partial charge is 0.0406 e. The molecule has 1 saturated heterocycles. The lowest BCUT2D eigenvalue weighted by atomic mass is 9.88. The van der Waals surface area contributed by atoms with Crippen LogP contribution in [-0.4, -0.2) is 12.6 Å². The second kappa shape index (κ2) is 6.48. The van der Waals surface area contributed by atoms with Gasteiger partial charge in [-0.3, -0.25) is 0 Å². The number of hydrogen-bond acceptors (Lipinski definition) is 1. The minimum absolute atomic E-state index is 0. The lowest BCUT2D eigenvalue weighted by Crippen LogP contribution is -2.37. The fraction of sp³-hybridized carbons (Fsp3) is 0.538. The van der Waals surface area contributed by atoms with Gasteiger partial charge in [0.1, 0.15) is 0 Å². The van der Waals surface area contributed by atoms with Crippen LogP contribution >= 0.6 is 24.0 Å². The third-order valence-electron chi connectivity index (χ3n) is 3.35. The summed E-state index contributed by atoms with van der Waals surface area (Å²) in [6.45, 7) is 3.47. The lowest BCUT2D eigenvalue weighted by molar-refractivity contribution is 0.361. The van der Waals surface area contributed by atoms with Gasteiger partial charge in [0, 0.05) is 11.1 Å². The molecule has 1 aromatic rings. The normalized spacial score (nSPS) is 22.2. The molecule has 0 saturated carbocycles. The maximum absolute atomic E-state index is 5.89. The van der Waals surface area contributed by atoms with Crippen LogP contribution in [0.3, 0.4) is 0 Å². The number of nitrogens with one attached hydrogen (secondary N) is 1. The van der Waals surface area contributed by atoms with Crippen molar-refractivity contribution in [2.75, 3.05) is 6.54 Å². The molecule has 0 spiro atoms. The highest BCUT2D eigenvalue weighted by atomic mass is 35.5. The summed E-state index contributed by atoms with van der Waals surface area (Å²) in [7, 11) is 0. The van der Waals surface area contributed by atoms with E-state index in [0.717, 1.165) is 5.02 Å². The van der Waals surface area contributed by atoms with Crippen LogP contribution in [0.5, 0.6) is 0 Å². The van der Waals surface area contributed by atoms with E-state index in [2.05, 4.69) is 24.4 Å². The zero-order valence-corrected chi connectivity index (χ0v) is 11.2. The highest BCUT2D eigenvalue weighted by Gasteiger charge is 2.20. The van der Waals surface area contributed by atoms with E-state index >= 15 is 0 Å². The molecule has 2 unspecified atom stereocenters. The SMILES string of the molecule is CC(c1ccc(Cl)cc1)C1CCCCN1.Cl. The summed E-state index contributed by atoms with van der Waals surface area (Å²) in [5.41, 5.74) is 1.39. The Morgan fingerprint density at radius 2 is 1.94 bits per heavy atom. The molecular formula is C13H19Cl2N. The van der Waals surface area contributed by atoms with Crippen molar-refractivity contribution >= 4 is 24.0 Å². The van der Waals surface area contributed by atoms with E-state index in [1.54, 1.807) is 0 Å². The van der Waals surface area contributed by atoms with Crippen molar-refractivity contribution in [1.82, 2.24) is 5.32 Å². The van der Waals surface area contributed by atoms with Crippen molar-refractivity contribution in [3.05, 3.63) is 34.9 Å². The van der Waals surface area contributed by atoms with Crippen LogP contribution in [0.4, 0.5) is 0 Å². The van der Waals surface area contributed by atoms with Gasteiger partial charge in [0.05, 0.1) is 0 Å². The molecule has 1 aromatic carbocycles. The zero-order valence-electron chi connectivity index (χ0n) is 9.58. The van der Waals surface area contributed by atoms with Crippen molar-refractivity contribution in [2.45, 2.75) is 38.1 Å². The fourth-order valence-electron chi connectivity index (χ4n) is 2.30. The zero-order chi connectivity index (χ0) is 10.7. The molecule has 2 atom stereocenters. The van der Waals surface area contributed by atoms with E-state index in [0.29, 0.717) is 12.0 Å². The largest absolute Gasteiger partial charge is 0.313 e. The maximum atomic E-state index is 5.89. The van der Waals surface area contributed by atoms with Gasteiger partial charge in [-0.05, 0) is 43.0 Å². The van der Waals surface area contributed by atoms with Crippen molar-refractivity contribution in [3.8, 4) is 0 Å². The van der Waals surface area contributed by atoms with Gasteiger partial charge in [0.2, 0.25) is 0 Å². The summed E-state index contributed by atoms with van der Waals surface area (Å²) in [4.78, 5) is 0. The molecule has 1 heterocycles. The average molecular weight is 260 g/mol. The van der Waals surface area contributed by atoms with E-state index in [4.69, 9.17) is 11.6 Å². The van der Waals surface area contributed by atoms with E-state index < -0.39 is 0 Å². The highest BCUT2D eigenvalue weighted by molar-refractivity contribution is 6.30. The van der Waals surface area contributed by atoms with Gasteiger partial charge < -0.3 is 5.32 Å². The number of rotatable bonds is 2. The highest BCUT2D eigenvalue weighted by Crippen LogP contribution is 2.25. The van der Waals surface area contributed by atoms with Crippen LogP contribution in [0.2, 0.25) is 5.02 Å². The second-order valence-electron chi connectivity index (χ2n) is 4.40. The van der Waals surface area contributed by atoms with Crippen molar-refractivity contribution in [2.24, 2.45) is 0 Å². The average Bonchev–Trinajstić information content (AvgIpc) is 2.30. The lowest BCUT2D eigenvalue weighted by Gasteiger charge is -2.29. The third kappa shape index (κ3) is 3.38. The molecule has 0 amide bonds. The first-order valence-electron chi connectivity index (χ1n) is 5.76. The summed E-state index contributed by atoms with van der Waals surface area (Å²) in [5.74, 6) is 0.586. The molecule has 0 aliphatic carbocycles. The van der Waals surface area contributed by atoms with E-state index in [1.807, 2.05) is 12.1 Å². The second-order valence-corrected chi connectivity index (χ2v) is 4.83. The van der Waals surface area contributed by atoms with Gasteiger partial charge in [0.25, 0.3) is 0 Å². The van der Waals surface area contributed by atoms with E-state index in [1.165, 1.54) is 31.4 Å². The summed E-state index contributed by atoms with van der Waals surface area (Å²) < 4.78 is 0. The molecule has 1 fully saturated rings. The Kier molecular flexibility index (Phi) is 5.60. The number of benzene rings is 1. The van der Waals surface area contributed by atoms with E-state index in [-0.39, 0.29) is 12.4 Å². The fourth-order valence-corrected chi connectivity index (χ4v) is 2.43. The van der Waals surface area contributed by atoms with Crippen LogP contribution < -0.4 is 5.32 Å². The standard InChI is InChI=1S/C13H18ClN.ClH/c1-10(13-4-2-3-9-15-13)11-5-7-12(14)8-6-11;/h5-8,10,13,15H,2-4,9H2,1H3;1H. The summed E-state index contributed by atoms with van der Waals surface area (Å²) >= 11 is 5.89. The number of piperidine rings is 1. The van der Waals surface area contributed by atoms with Gasteiger partial charge >= 0.3 is 0 Å². The van der Waals surface area contributed by atoms with Gasteiger partial charge in [-0.1, -0.05) is 37.1 Å². The minimum Gasteiger partial charge on any atom is -0.313 e. The molecule has 0 aromatic heterocycles. The topological polar surface area (TPSA) is 12.0 Å². The van der Waals surface area contributed by atoms with Gasteiger partial charge in [-0.15, -0.1) is 12.4 Å². The van der Waals surface area contributed by atoms with Crippen LogP contribution in [-0.2, 0) is 0 Å². The molecule has 2 rings (SSSR count). The Balaban J connectivity index is 0.00000128. The monoisotopic (exact) mass is 259 g/mol. The minimum atomic E-state index is 0. The van der Waals surface area contributed by atoms with E-state index in [9.17, 15) is 0 Å². The maximum Gasteiger partial charge on any atom is 0.0406 e. The first kappa shape index (κ1) is 13.8. The van der Waals surface area contributed by atoms with Gasteiger partial charge in [-0.25, -0.2) is 0 Å². The Hall–Kier alpha value is -0.240. The molecule has 1 nitrogen and oxygen atoms in total. The molecule has 0 bridgehead atoms. The summed E-state index contributed by atoms with van der Waals surface area (Å²) in [6, 6.07) is 8.89. The molecule has 0 radical (unpaired) electrons.